The Kier molecular flexibility index (Phi) is 4.98. The molecule has 1 aliphatic heterocycles. The van der Waals surface area contributed by atoms with Crippen LogP contribution in [0.2, 0.25) is 5.02 Å². The van der Waals surface area contributed by atoms with E-state index in [0.717, 1.165) is 38.9 Å². The van der Waals surface area contributed by atoms with Gasteiger partial charge in [0.25, 0.3) is 5.91 Å². The predicted molar refractivity (Wildman–Crippen MR) is 101 cm³/mol. The second-order valence-corrected chi connectivity index (χ2v) is 7.47. The third kappa shape index (κ3) is 3.49. The minimum Gasteiger partial charge on any atom is -0.381 e. The highest BCUT2D eigenvalue weighted by Gasteiger charge is 2.34. The molecule has 1 aromatic heterocycles. The summed E-state index contributed by atoms with van der Waals surface area (Å²) in [7, 11) is 0. The van der Waals surface area contributed by atoms with Crippen LogP contribution >= 0.6 is 11.6 Å². The zero-order valence-corrected chi connectivity index (χ0v) is 15.1. The van der Waals surface area contributed by atoms with Crippen molar-refractivity contribution < 1.29 is 9.53 Å². The van der Waals surface area contributed by atoms with Crippen LogP contribution < -0.4 is 16.1 Å². The van der Waals surface area contributed by atoms with Crippen LogP contribution in [0.4, 0.5) is 0 Å². The number of halogens is 1. The Morgan fingerprint density at radius 3 is 2.65 bits per heavy atom. The Morgan fingerprint density at radius 2 is 1.92 bits per heavy atom. The Balaban J connectivity index is 1.44. The summed E-state index contributed by atoms with van der Waals surface area (Å²) in [6.45, 7) is 1.58. The lowest BCUT2D eigenvalue weighted by Crippen LogP contribution is -2.59. The molecule has 1 aromatic carbocycles. The summed E-state index contributed by atoms with van der Waals surface area (Å²) >= 11 is 5.95. The van der Waals surface area contributed by atoms with Gasteiger partial charge in [0.1, 0.15) is 5.56 Å². The fraction of sp³-hybridized carbons (Fsp3) is 0.474. The summed E-state index contributed by atoms with van der Waals surface area (Å²) in [5.74, 6) is -0.327. The van der Waals surface area contributed by atoms with Crippen LogP contribution in [0.5, 0.6) is 0 Å². The first-order valence-electron chi connectivity index (χ1n) is 9.07. The number of nitrogens with one attached hydrogen (secondary N) is 3. The van der Waals surface area contributed by atoms with Gasteiger partial charge in [0, 0.05) is 47.9 Å². The summed E-state index contributed by atoms with van der Waals surface area (Å²) in [4.78, 5) is 28.2. The van der Waals surface area contributed by atoms with Gasteiger partial charge in [-0.05, 0) is 43.9 Å². The molecule has 2 atom stereocenters. The Morgan fingerprint density at radius 1 is 1.15 bits per heavy atom. The molecule has 0 unspecified atom stereocenters. The van der Waals surface area contributed by atoms with Crippen LogP contribution in [0.1, 0.15) is 36.0 Å². The van der Waals surface area contributed by atoms with Crippen molar-refractivity contribution in [1.29, 1.82) is 0 Å². The maximum absolute atomic E-state index is 12.6. The lowest BCUT2D eigenvalue weighted by Gasteiger charge is -2.41. The maximum Gasteiger partial charge on any atom is 0.257 e. The molecule has 2 heterocycles. The standard InChI is InChI=1S/C19H22ClN3O3/c20-11-1-2-13-17(9-11)21-10-14(18(13)24)19(25)23-16-4-3-15(16)22-12-5-7-26-8-6-12/h1-2,9-10,12,15-16,22H,3-8H2,(H,21,24)(H,23,25)/t15-,16+/m1/s1. The third-order valence-corrected chi connectivity index (χ3v) is 5.58. The van der Waals surface area contributed by atoms with Crippen LogP contribution in [0.3, 0.4) is 0 Å². The first-order valence-corrected chi connectivity index (χ1v) is 9.45. The number of rotatable bonds is 4. The van der Waals surface area contributed by atoms with Gasteiger partial charge in [0.2, 0.25) is 5.43 Å². The molecule has 7 heteroatoms. The van der Waals surface area contributed by atoms with Gasteiger partial charge in [-0.3, -0.25) is 9.59 Å². The highest BCUT2D eigenvalue weighted by Crippen LogP contribution is 2.23. The van der Waals surface area contributed by atoms with Crippen molar-refractivity contribution in [3.8, 4) is 0 Å². The molecule has 2 aromatic rings. The number of carbonyl (C=O) groups is 1. The van der Waals surface area contributed by atoms with E-state index in [4.69, 9.17) is 16.3 Å². The number of ether oxygens (including phenoxy) is 1. The molecule has 1 aliphatic carbocycles. The maximum atomic E-state index is 12.6. The zero-order chi connectivity index (χ0) is 18.1. The lowest BCUT2D eigenvalue weighted by molar-refractivity contribution is 0.0652. The molecule has 1 amide bonds. The van der Waals surface area contributed by atoms with Gasteiger partial charge in [0.05, 0.1) is 5.52 Å². The molecule has 1 saturated heterocycles. The van der Waals surface area contributed by atoms with E-state index < -0.39 is 0 Å². The monoisotopic (exact) mass is 375 g/mol. The number of aromatic nitrogens is 1. The van der Waals surface area contributed by atoms with Gasteiger partial charge >= 0.3 is 0 Å². The SMILES string of the molecule is O=C(N[C@H]1CC[C@H]1NC1CCOCC1)c1c[nH]c2cc(Cl)ccc2c1=O. The fourth-order valence-corrected chi connectivity index (χ4v) is 3.82. The lowest BCUT2D eigenvalue weighted by atomic mass is 9.85. The molecule has 26 heavy (non-hydrogen) atoms. The molecule has 1 saturated carbocycles. The molecule has 0 spiro atoms. The summed E-state index contributed by atoms with van der Waals surface area (Å²) < 4.78 is 5.38. The second kappa shape index (κ2) is 7.39. The Labute approximate surface area is 156 Å². The number of carbonyl (C=O) groups excluding carboxylic acids is 1. The van der Waals surface area contributed by atoms with Crippen LogP contribution in [-0.4, -0.2) is 42.2 Å². The van der Waals surface area contributed by atoms with E-state index in [0.29, 0.717) is 22.0 Å². The number of H-pyrrole nitrogens is 1. The topological polar surface area (TPSA) is 83.2 Å². The molecule has 138 valence electrons. The quantitative estimate of drug-likeness (QED) is 0.765. The molecule has 3 N–H and O–H groups in total. The van der Waals surface area contributed by atoms with Crippen molar-refractivity contribution in [1.82, 2.24) is 15.6 Å². The highest BCUT2D eigenvalue weighted by molar-refractivity contribution is 6.31. The minimum atomic E-state index is -0.327. The Hall–Kier alpha value is -1.89. The molecule has 0 bridgehead atoms. The van der Waals surface area contributed by atoms with Crippen molar-refractivity contribution in [2.45, 2.75) is 43.8 Å². The number of amides is 1. The van der Waals surface area contributed by atoms with E-state index in [-0.39, 0.29) is 29.0 Å². The first kappa shape index (κ1) is 17.5. The van der Waals surface area contributed by atoms with Gasteiger partial charge in [-0.25, -0.2) is 0 Å². The first-order chi connectivity index (χ1) is 12.6. The van der Waals surface area contributed by atoms with E-state index in [1.165, 1.54) is 6.20 Å². The fourth-order valence-electron chi connectivity index (χ4n) is 3.65. The van der Waals surface area contributed by atoms with Crippen LogP contribution in [0.25, 0.3) is 10.9 Å². The van der Waals surface area contributed by atoms with E-state index in [9.17, 15) is 9.59 Å². The summed E-state index contributed by atoms with van der Waals surface area (Å²) in [6.07, 6.45) is 5.44. The number of fused-ring (bicyclic) bond motifs is 1. The van der Waals surface area contributed by atoms with Crippen LogP contribution in [0, 0.1) is 0 Å². The zero-order valence-electron chi connectivity index (χ0n) is 14.4. The van der Waals surface area contributed by atoms with Crippen molar-refractivity contribution >= 4 is 28.4 Å². The van der Waals surface area contributed by atoms with Gasteiger partial charge in [0.15, 0.2) is 0 Å². The summed E-state index contributed by atoms with van der Waals surface area (Å²) in [5.41, 5.74) is 0.486. The van der Waals surface area contributed by atoms with E-state index in [1.54, 1.807) is 18.2 Å². The number of benzene rings is 1. The molecule has 6 nitrogen and oxygen atoms in total. The van der Waals surface area contributed by atoms with E-state index >= 15 is 0 Å². The van der Waals surface area contributed by atoms with Crippen molar-refractivity contribution in [2.24, 2.45) is 0 Å². The number of pyridine rings is 1. The minimum absolute atomic E-state index is 0.0608. The average molecular weight is 376 g/mol. The van der Waals surface area contributed by atoms with Crippen molar-refractivity contribution in [3.63, 3.8) is 0 Å². The molecule has 2 fully saturated rings. The molecule has 0 radical (unpaired) electrons. The number of aromatic amines is 1. The van der Waals surface area contributed by atoms with Gasteiger partial charge in [-0.1, -0.05) is 11.6 Å². The average Bonchev–Trinajstić information content (AvgIpc) is 2.64. The highest BCUT2D eigenvalue weighted by atomic mass is 35.5. The van der Waals surface area contributed by atoms with Crippen LogP contribution in [-0.2, 0) is 4.74 Å². The van der Waals surface area contributed by atoms with Gasteiger partial charge < -0.3 is 20.4 Å². The smallest absolute Gasteiger partial charge is 0.257 e. The molecular weight excluding hydrogens is 354 g/mol. The van der Waals surface area contributed by atoms with Crippen LogP contribution in [0.15, 0.2) is 29.2 Å². The Bertz CT molecular complexity index is 876. The van der Waals surface area contributed by atoms with Crippen molar-refractivity contribution in [3.05, 3.63) is 45.2 Å². The van der Waals surface area contributed by atoms with Gasteiger partial charge in [-0.2, -0.15) is 0 Å². The second-order valence-electron chi connectivity index (χ2n) is 7.04. The summed E-state index contributed by atoms with van der Waals surface area (Å²) in [5, 5.41) is 7.64. The van der Waals surface area contributed by atoms with Crippen molar-refractivity contribution in [2.75, 3.05) is 13.2 Å². The number of hydrogen-bond donors (Lipinski definition) is 3. The predicted octanol–water partition coefficient (Wildman–Crippen LogP) is 2.21. The van der Waals surface area contributed by atoms with Gasteiger partial charge in [-0.15, -0.1) is 0 Å². The third-order valence-electron chi connectivity index (χ3n) is 5.35. The van der Waals surface area contributed by atoms with E-state index in [2.05, 4.69) is 15.6 Å². The largest absolute Gasteiger partial charge is 0.381 e. The van der Waals surface area contributed by atoms with E-state index in [1.807, 2.05) is 0 Å². The molecular formula is C19H22ClN3O3. The molecule has 4 rings (SSSR count). The normalized spacial score (nSPS) is 23.6. The number of hydrogen-bond acceptors (Lipinski definition) is 4. The molecule has 2 aliphatic rings. The summed E-state index contributed by atoms with van der Waals surface area (Å²) in [6, 6.07) is 5.75.